The van der Waals surface area contributed by atoms with Crippen molar-refractivity contribution in [3.63, 3.8) is 0 Å². The fourth-order valence-corrected chi connectivity index (χ4v) is 3.03. The van der Waals surface area contributed by atoms with Crippen LogP contribution in [-0.2, 0) is 0 Å². The highest BCUT2D eigenvalue weighted by Gasteiger charge is 2.24. The number of rotatable bonds is 5. The summed E-state index contributed by atoms with van der Waals surface area (Å²) >= 11 is 0. The number of hydrogen-bond acceptors (Lipinski definition) is 4. The predicted molar refractivity (Wildman–Crippen MR) is 90.2 cm³/mol. The summed E-state index contributed by atoms with van der Waals surface area (Å²) in [6.45, 7) is 8.38. The zero-order valence-electron chi connectivity index (χ0n) is 13.6. The van der Waals surface area contributed by atoms with Crippen molar-refractivity contribution in [2.24, 2.45) is 0 Å². The summed E-state index contributed by atoms with van der Waals surface area (Å²) in [5, 5.41) is 0. The summed E-state index contributed by atoms with van der Waals surface area (Å²) in [6, 6.07) is 6.67. The van der Waals surface area contributed by atoms with E-state index in [0.29, 0.717) is 12.6 Å². The van der Waals surface area contributed by atoms with Gasteiger partial charge in [-0.3, -0.25) is 0 Å². The molecule has 1 atom stereocenters. The van der Waals surface area contributed by atoms with Gasteiger partial charge in [0, 0.05) is 19.1 Å². The third-order valence-corrected chi connectivity index (χ3v) is 4.19. The molecular weight excluding hydrogens is 262 g/mol. The fraction of sp³-hybridized carbons (Fsp3) is 0.647. The Morgan fingerprint density at radius 1 is 1.29 bits per heavy atom. The lowest BCUT2D eigenvalue weighted by molar-refractivity contribution is 0.318. The quantitative estimate of drug-likeness (QED) is 0.847. The van der Waals surface area contributed by atoms with Crippen molar-refractivity contribution in [3.05, 3.63) is 18.2 Å². The first-order valence-electron chi connectivity index (χ1n) is 8.13. The number of para-hydroxylation sites is 1. The lowest BCUT2D eigenvalue weighted by Crippen LogP contribution is -2.40. The molecule has 0 bridgehead atoms. The van der Waals surface area contributed by atoms with Gasteiger partial charge in [-0.15, -0.1) is 0 Å². The van der Waals surface area contributed by atoms with Crippen LogP contribution in [0.15, 0.2) is 18.2 Å². The van der Waals surface area contributed by atoms with Crippen molar-refractivity contribution in [1.29, 1.82) is 0 Å². The summed E-state index contributed by atoms with van der Waals surface area (Å²) in [7, 11) is 2.20. The minimum absolute atomic E-state index is 0.515. The molecule has 0 amide bonds. The van der Waals surface area contributed by atoms with E-state index in [9.17, 15) is 0 Å². The normalized spacial score (nSPS) is 20.3. The van der Waals surface area contributed by atoms with Gasteiger partial charge in [-0.1, -0.05) is 19.9 Å². The maximum atomic E-state index is 6.38. The van der Waals surface area contributed by atoms with E-state index in [1.165, 1.54) is 6.42 Å². The summed E-state index contributed by atoms with van der Waals surface area (Å²) in [5.74, 6) is 0.821. The van der Waals surface area contributed by atoms with Crippen LogP contribution in [0.5, 0.6) is 5.75 Å². The number of ether oxygens (including phenoxy) is 1. The van der Waals surface area contributed by atoms with Gasteiger partial charge in [0.15, 0.2) is 0 Å². The van der Waals surface area contributed by atoms with Gasteiger partial charge in [-0.25, -0.2) is 0 Å². The van der Waals surface area contributed by atoms with E-state index in [0.717, 1.165) is 49.6 Å². The second kappa shape index (κ2) is 7.55. The van der Waals surface area contributed by atoms with E-state index in [1.807, 2.05) is 6.07 Å². The van der Waals surface area contributed by atoms with Gasteiger partial charge >= 0.3 is 0 Å². The van der Waals surface area contributed by atoms with E-state index >= 15 is 0 Å². The van der Waals surface area contributed by atoms with Crippen molar-refractivity contribution in [1.82, 2.24) is 4.90 Å². The zero-order valence-corrected chi connectivity index (χ0v) is 13.6. The highest BCUT2D eigenvalue weighted by atomic mass is 16.5. The van der Waals surface area contributed by atoms with Crippen molar-refractivity contribution in [2.45, 2.75) is 39.2 Å². The molecule has 4 nitrogen and oxygen atoms in total. The van der Waals surface area contributed by atoms with Crippen LogP contribution in [0.4, 0.5) is 11.4 Å². The molecule has 2 rings (SSSR count). The van der Waals surface area contributed by atoms with Gasteiger partial charge in [0.05, 0.1) is 18.0 Å². The molecule has 0 radical (unpaired) electrons. The Morgan fingerprint density at radius 3 is 2.81 bits per heavy atom. The molecule has 1 aliphatic heterocycles. The SMILES string of the molecule is CCCOc1cccc(N2CCCN(C)CC2CC)c1N. The van der Waals surface area contributed by atoms with Crippen LogP contribution in [0.3, 0.4) is 0 Å². The van der Waals surface area contributed by atoms with E-state index in [4.69, 9.17) is 10.5 Å². The third kappa shape index (κ3) is 3.82. The minimum atomic E-state index is 0.515. The molecule has 4 heteroatoms. The molecule has 1 aliphatic rings. The highest BCUT2D eigenvalue weighted by molar-refractivity contribution is 5.74. The molecule has 0 aromatic heterocycles. The molecule has 1 aromatic carbocycles. The Balaban J connectivity index is 2.26. The average Bonchev–Trinajstić information content (AvgIpc) is 2.67. The third-order valence-electron chi connectivity index (χ3n) is 4.19. The van der Waals surface area contributed by atoms with Gasteiger partial charge in [0.1, 0.15) is 5.75 Å². The largest absolute Gasteiger partial charge is 0.491 e. The van der Waals surface area contributed by atoms with Crippen molar-refractivity contribution < 1.29 is 4.74 Å². The molecule has 0 saturated carbocycles. The second-order valence-corrected chi connectivity index (χ2v) is 5.91. The summed E-state index contributed by atoms with van der Waals surface area (Å²) in [6.07, 6.45) is 3.30. The smallest absolute Gasteiger partial charge is 0.144 e. The molecule has 21 heavy (non-hydrogen) atoms. The highest BCUT2D eigenvalue weighted by Crippen LogP contribution is 2.34. The Labute approximate surface area is 128 Å². The maximum Gasteiger partial charge on any atom is 0.144 e. The minimum Gasteiger partial charge on any atom is -0.491 e. The van der Waals surface area contributed by atoms with Gasteiger partial charge in [0.25, 0.3) is 0 Å². The standard InChI is InChI=1S/C17H29N3O/c1-4-12-21-16-9-6-8-15(17(16)18)20-11-7-10-19(3)13-14(20)5-2/h6,8-9,14H,4-5,7,10-13,18H2,1-3H3. The van der Waals surface area contributed by atoms with Crippen LogP contribution < -0.4 is 15.4 Å². The van der Waals surface area contributed by atoms with Crippen molar-refractivity contribution in [2.75, 3.05) is 43.9 Å². The molecule has 1 saturated heterocycles. The number of anilines is 2. The van der Waals surface area contributed by atoms with Crippen LogP contribution in [0.1, 0.15) is 33.1 Å². The summed E-state index contributed by atoms with van der Waals surface area (Å²) < 4.78 is 5.78. The molecule has 1 unspecified atom stereocenters. The van der Waals surface area contributed by atoms with Crippen LogP contribution in [-0.4, -0.2) is 44.2 Å². The van der Waals surface area contributed by atoms with E-state index < -0.39 is 0 Å². The van der Waals surface area contributed by atoms with Gasteiger partial charge in [-0.05, 0) is 45.0 Å². The Morgan fingerprint density at radius 2 is 2.10 bits per heavy atom. The number of benzene rings is 1. The van der Waals surface area contributed by atoms with Gasteiger partial charge in [0.2, 0.25) is 0 Å². The van der Waals surface area contributed by atoms with Gasteiger partial charge in [-0.2, -0.15) is 0 Å². The topological polar surface area (TPSA) is 41.7 Å². The molecule has 2 N–H and O–H groups in total. The van der Waals surface area contributed by atoms with Crippen molar-refractivity contribution >= 4 is 11.4 Å². The predicted octanol–water partition coefficient (Wildman–Crippen LogP) is 2.98. The number of likely N-dealkylation sites (N-methyl/N-ethyl adjacent to an activating group) is 1. The first-order valence-corrected chi connectivity index (χ1v) is 8.13. The van der Waals surface area contributed by atoms with Crippen LogP contribution >= 0.6 is 0 Å². The number of nitrogen functional groups attached to an aromatic ring is 1. The fourth-order valence-electron chi connectivity index (χ4n) is 3.03. The first-order chi connectivity index (χ1) is 10.2. The van der Waals surface area contributed by atoms with Crippen LogP contribution in [0, 0.1) is 0 Å². The lowest BCUT2D eigenvalue weighted by atomic mass is 10.1. The molecule has 1 heterocycles. The number of hydrogen-bond donors (Lipinski definition) is 1. The molecular formula is C17H29N3O. The zero-order chi connectivity index (χ0) is 15.2. The number of nitrogens with two attached hydrogens (primary N) is 1. The molecule has 118 valence electrons. The average molecular weight is 291 g/mol. The van der Waals surface area contributed by atoms with Crippen LogP contribution in [0.2, 0.25) is 0 Å². The molecule has 1 aromatic rings. The van der Waals surface area contributed by atoms with Gasteiger partial charge < -0.3 is 20.3 Å². The lowest BCUT2D eigenvalue weighted by Gasteiger charge is -2.33. The molecule has 1 fully saturated rings. The monoisotopic (exact) mass is 291 g/mol. The Kier molecular flexibility index (Phi) is 5.74. The molecule has 0 spiro atoms. The second-order valence-electron chi connectivity index (χ2n) is 5.91. The maximum absolute atomic E-state index is 6.38. The summed E-state index contributed by atoms with van der Waals surface area (Å²) in [5.41, 5.74) is 8.29. The Hall–Kier alpha value is -1.42. The Bertz CT molecular complexity index is 450. The van der Waals surface area contributed by atoms with E-state index in [1.54, 1.807) is 0 Å². The first kappa shape index (κ1) is 16.0. The number of nitrogens with zero attached hydrogens (tertiary/aromatic N) is 2. The van der Waals surface area contributed by atoms with E-state index in [2.05, 4.69) is 42.8 Å². The summed E-state index contributed by atoms with van der Waals surface area (Å²) in [4.78, 5) is 4.89. The van der Waals surface area contributed by atoms with E-state index in [-0.39, 0.29) is 0 Å². The molecule has 0 aliphatic carbocycles. The van der Waals surface area contributed by atoms with Crippen molar-refractivity contribution in [3.8, 4) is 5.75 Å². The van der Waals surface area contributed by atoms with Crippen LogP contribution in [0.25, 0.3) is 0 Å².